The molecule has 2 fully saturated rings. The van der Waals surface area contributed by atoms with Crippen molar-refractivity contribution in [2.24, 2.45) is 15.4 Å². The highest BCUT2D eigenvalue weighted by Crippen LogP contribution is 2.45. The summed E-state index contributed by atoms with van der Waals surface area (Å²) in [5.41, 5.74) is 0.617. The number of nitrogens with zero attached hydrogens (tertiary/aromatic N) is 8. The van der Waals surface area contributed by atoms with E-state index >= 15 is 0 Å². The quantitative estimate of drug-likeness (QED) is 0.0571. The van der Waals surface area contributed by atoms with E-state index in [4.69, 9.17) is 29.3 Å². The van der Waals surface area contributed by atoms with Crippen LogP contribution in [0.4, 0.5) is 5.82 Å². The van der Waals surface area contributed by atoms with Crippen LogP contribution in [0, 0.1) is 5.41 Å². The molecule has 1 aromatic rings. The zero-order chi connectivity index (χ0) is 53.8. The monoisotopic (exact) mass is 1060 g/mol. The molecule has 26 nitrogen and oxygen atoms in total. The summed E-state index contributed by atoms with van der Waals surface area (Å²) >= 11 is 0. The summed E-state index contributed by atoms with van der Waals surface area (Å²) in [6.45, 7) is 5.75. The van der Waals surface area contributed by atoms with Crippen LogP contribution in [0.3, 0.4) is 0 Å². The van der Waals surface area contributed by atoms with Gasteiger partial charge in [-0.05, 0) is 49.6 Å². The van der Waals surface area contributed by atoms with E-state index in [9.17, 15) is 64.3 Å². The molecule has 0 radical (unpaired) electrons. The summed E-state index contributed by atoms with van der Waals surface area (Å²) < 4.78 is 66.8. The molecule has 5 aliphatic rings. The molecule has 0 saturated carbocycles. The lowest BCUT2D eigenvalue weighted by Crippen LogP contribution is -2.39. The third-order valence-electron chi connectivity index (χ3n) is 11.8. The minimum Gasteiger partial charge on any atom is -0.332 e. The maximum atomic E-state index is 13.7. The number of amidine groups is 1. The Kier molecular flexibility index (Phi) is 16.6. The van der Waals surface area contributed by atoms with Gasteiger partial charge in [0.1, 0.15) is 12.0 Å². The van der Waals surface area contributed by atoms with E-state index in [2.05, 4.69) is 0 Å². The number of aliphatic imine (C=N–C) groups is 2. The van der Waals surface area contributed by atoms with Gasteiger partial charge in [-0.15, -0.1) is 10.1 Å². The lowest BCUT2D eigenvalue weighted by atomic mass is 9.80. The van der Waals surface area contributed by atoms with Gasteiger partial charge in [-0.25, -0.2) is 29.3 Å². The second kappa shape index (κ2) is 21.9. The van der Waals surface area contributed by atoms with E-state index in [1.807, 2.05) is 27.7 Å². The Balaban J connectivity index is 1.18. The van der Waals surface area contributed by atoms with Crippen LogP contribution in [0.2, 0.25) is 0 Å². The van der Waals surface area contributed by atoms with Crippen LogP contribution in [0.5, 0.6) is 0 Å². The smallest absolute Gasteiger partial charge is 0.332 e. The third kappa shape index (κ3) is 13.3. The number of hydrogen-bond donors (Lipinski definition) is 2. The maximum absolute atomic E-state index is 13.7. The molecule has 28 heteroatoms. The van der Waals surface area contributed by atoms with E-state index in [1.54, 1.807) is 52.0 Å². The van der Waals surface area contributed by atoms with Crippen molar-refractivity contribution in [3.8, 4) is 0 Å². The minimum atomic E-state index is -4.33. The Labute approximate surface area is 418 Å². The van der Waals surface area contributed by atoms with Crippen molar-refractivity contribution in [2.75, 3.05) is 45.4 Å². The number of fused-ring (bicyclic) bond motifs is 2. The van der Waals surface area contributed by atoms with Crippen molar-refractivity contribution < 1.29 is 88.2 Å². The van der Waals surface area contributed by atoms with Crippen LogP contribution in [-0.4, -0.2) is 155 Å². The average Bonchev–Trinajstić information content (AvgIpc) is 3.97. The highest BCUT2D eigenvalue weighted by molar-refractivity contribution is 7.86. The zero-order valence-corrected chi connectivity index (χ0v) is 42.1. The zero-order valence-electron chi connectivity index (χ0n) is 40.5. The molecule has 0 spiro atoms. The first-order valence-corrected chi connectivity index (χ1v) is 25.7. The Morgan fingerprint density at radius 1 is 0.753 bits per heavy atom. The van der Waals surface area contributed by atoms with E-state index in [-0.39, 0.29) is 62.8 Å². The van der Waals surface area contributed by atoms with Crippen LogP contribution in [0.1, 0.15) is 82.1 Å². The lowest BCUT2D eigenvalue weighted by Gasteiger charge is -2.31. The molecule has 6 rings (SSSR count). The van der Waals surface area contributed by atoms with E-state index in [0.717, 1.165) is 10.1 Å². The number of hydroxylamine groups is 8. The summed E-state index contributed by atoms with van der Waals surface area (Å²) in [6.07, 6.45) is 12.4. The molecule has 0 aliphatic carbocycles. The first-order valence-electron chi connectivity index (χ1n) is 22.4. The van der Waals surface area contributed by atoms with Gasteiger partial charge in [-0.3, -0.25) is 47.5 Å². The molecule has 0 unspecified atom stereocenters. The van der Waals surface area contributed by atoms with Crippen molar-refractivity contribution in [1.82, 2.24) is 25.2 Å². The largest absolute Gasteiger partial charge is 0.361 e. The molecule has 0 bridgehead atoms. The first kappa shape index (κ1) is 55.2. The minimum absolute atomic E-state index is 0.00787. The van der Waals surface area contributed by atoms with Crippen molar-refractivity contribution in [2.45, 2.75) is 78.2 Å². The summed E-state index contributed by atoms with van der Waals surface area (Å²) in [6, 6.07) is 1.57. The third-order valence-corrected chi connectivity index (χ3v) is 13.5. The number of hydrogen-bond acceptors (Lipinski definition) is 19. The number of carbonyl (C=O) groups excluding carboxylic acids is 8. The number of imide groups is 2. The molecule has 73 heavy (non-hydrogen) atoms. The van der Waals surface area contributed by atoms with E-state index < -0.39 is 103 Å². The molecule has 6 heterocycles. The standard InChI is InChI=1S/C45H52N8O18S2/c1-44(2)30-22-28(42(60)48(5)68-26-38(58)70-52-34(54)14-15-35(52)55)24-50(18-10-20-72(62,63)64)40(30)46-32(44)12-8-7-9-13-33-45(3,4)31-23-29(25-51(41(31)47-33)19-11-21-73(65,66)67)43(61)49(6)69-27-39(59)71-53-36(56)16-17-37(53)57/h7-9,12-13,22-25H,10-11,14-21,26-27H2,1-6H3,(H-,62,63,64,65,66,67)/p+1. The van der Waals surface area contributed by atoms with Crippen LogP contribution in [0.25, 0.3) is 0 Å². The molecule has 0 atom stereocenters. The molecule has 2 saturated heterocycles. The number of allylic oxidation sites excluding steroid dienone is 6. The van der Waals surface area contributed by atoms with Crippen molar-refractivity contribution in [3.63, 3.8) is 0 Å². The summed E-state index contributed by atoms with van der Waals surface area (Å²) in [7, 11) is -6.21. The summed E-state index contributed by atoms with van der Waals surface area (Å²) in [5, 5.41) is 2.20. The fourth-order valence-electron chi connectivity index (χ4n) is 7.84. The van der Waals surface area contributed by atoms with Crippen molar-refractivity contribution in [3.05, 3.63) is 82.9 Å². The summed E-state index contributed by atoms with van der Waals surface area (Å²) in [5.74, 6) is -6.83. The van der Waals surface area contributed by atoms with Crippen LogP contribution in [-0.2, 0) is 85.1 Å². The predicted molar refractivity (Wildman–Crippen MR) is 250 cm³/mol. The average molecular weight is 1060 g/mol. The molecule has 0 aromatic carbocycles. The Morgan fingerprint density at radius 2 is 1.29 bits per heavy atom. The van der Waals surface area contributed by atoms with Crippen LogP contribution >= 0.6 is 0 Å². The van der Waals surface area contributed by atoms with Gasteiger partial charge in [0.2, 0.25) is 0 Å². The number of aryl methyl sites for hydroxylation is 1. The van der Waals surface area contributed by atoms with E-state index in [1.165, 1.54) is 26.5 Å². The van der Waals surface area contributed by atoms with E-state index in [0.29, 0.717) is 44.3 Å². The van der Waals surface area contributed by atoms with Gasteiger partial charge < -0.3 is 14.6 Å². The number of amides is 6. The van der Waals surface area contributed by atoms with Gasteiger partial charge in [0, 0.05) is 69.9 Å². The Bertz CT molecular complexity index is 2960. The van der Waals surface area contributed by atoms with Gasteiger partial charge in [-0.1, -0.05) is 32.1 Å². The number of pyridine rings is 1. The van der Waals surface area contributed by atoms with Gasteiger partial charge in [0.25, 0.3) is 55.7 Å². The topological polar surface area (TPSA) is 327 Å². The Hall–Kier alpha value is -7.11. The highest BCUT2D eigenvalue weighted by atomic mass is 32.2. The predicted octanol–water partition coefficient (Wildman–Crippen LogP) is 1.06. The molecular weight excluding hydrogens is 1000 g/mol. The molecule has 1 aromatic heterocycles. The first-order chi connectivity index (χ1) is 34.1. The van der Waals surface area contributed by atoms with Gasteiger partial charge in [-0.2, -0.15) is 16.8 Å². The van der Waals surface area contributed by atoms with Gasteiger partial charge in [0.05, 0.1) is 45.9 Å². The molecular formula is C45H53N8O18S2+. The molecule has 6 amide bonds. The van der Waals surface area contributed by atoms with Crippen LogP contribution in [0.15, 0.2) is 81.7 Å². The lowest BCUT2D eigenvalue weighted by molar-refractivity contribution is -0.684. The second-order valence-electron chi connectivity index (χ2n) is 18.0. The second-order valence-corrected chi connectivity index (χ2v) is 21.1. The maximum Gasteiger partial charge on any atom is 0.361 e. The number of carbonyl (C=O) groups is 8. The van der Waals surface area contributed by atoms with Gasteiger partial charge in [0.15, 0.2) is 18.9 Å². The van der Waals surface area contributed by atoms with Crippen molar-refractivity contribution >= 4 is 85.0 Å². The van der Waals surface area contributed by atoms with Gasteiger partial charge >= 0.3 is 17.8 Å². The fourth-order valence-corrected chi connectivity index (χ4v) is 8.83. The normalized spacial score (nSPS) is 18.8. The highest BCUT2D eigenvalue weighted by Gasteiger charge is 2.44. The molecule has 5 aliphatic heterocycles. The number of rotatable bonds is 21. The fraction of sp³-hybridized carbons (Fsp3) is 0.444. The Morgan fingerprint density at radius 3 is 1.84 bits per heavy atom. The molecule has 392 valence electrons. The number of aromatic nitrogens is 1. The summed E-state index contributed by atoms with van der Waals surface area (Å²) in [4.78, 5) is 131. The van der Waals surface area contributed by atoms with Crippen LogP contribution < -0.4 is 4.57 Å². The number of likely N-dealkylation sites (N-methyl/N-ethyl adjacent to an activating group) is 1. The van der Waals surface area contributed by atoms with Crippen molar-refractivity contribution in [1.29, 1.82) is 0 Å². The SMILES string of the molecule is CN(OCC(=O)ON1C(=O)CCC1=O)C(=O)C1=CN(CCCS(=O)(=O)O)C2=N/C(=C/C=C/C=C/C3=Nc4c(cc(C(=O)N(C)OCC(=O)ON5C(=O)CCC5=O)c[n+]4CCCS(=O)(=O)O)C3(C)C)C(C)(C)C2=C1. The molecule has 2 N–H and O–H groups in total.